The number of carbonyl (C=O) groups excluding carboxylic acids is 2. The van der Waals surface area contributed by atoms with Crippen LogP contribution in [0.4, 0.5) is 0 Å². The van der Waals surface area contributed by atoms with E-state index in [-0.39, 0.29) is 18.4 Å². The molecule has 1 aromatic rings. The van der Waals surface area contributed by atoms with E-state index in [9.17, 15) is 9.59 Å². The van der Waals surface area contributed by atoms with Gasteiger partial charge in [0.1, 0.15) is 5.75 Å². The fourth-order valence-electron chi connectivity index (χ4n) is 2.32. The first kappa shape index (κ1) is 18.1. The molecule has 2 rings (SSSR count). The van der Waals surface area contributed by atoms with Crippen LogP contribution in [0, 0.1) is 0 Å². The van der Waals surface area contributed by atoms with Crippen LogP contribution in [-0.4, -0.2) is 29.4 Å². The number of rotatable bonds is 6. The average Bonchev–Trinajstić information content (AvgIpc) is 2.58. The summed E-state index contributed by atoms with van der Waals surface area (Å²) in [5.74, 6) is 0.405. The van der Waals surface area contributed by atoms with E-state index in [4.69, 9.17) is 4.74 Å². The van der Waals surface area contributed by atoms with Crippen LogP contribution in [0.5, 0.6) is 5.75 Å². The van der Waals surface area contributed by atoms with E-state index in [1.165, 1.54) is 32.1 Å². The van der Waals surface area contributed by atoms with Crippen LogP contribution in [-0.2, 0) is 9.59 Å². The number of halogens is 1. The second-order valence-electron chi connectivity index (χ2n) is 5.41. The number of benzene rings is 1. The Balaban J connectivity index is 1.57. The monoisotopic (exact) mass is 400 g/mol. The lowest BCUT2D eigenvalue weighted by Crippen LogP contribution is -2.44. The van der Waals surface area contributed by atoms with E-state index in [2.05, 4.69) is 26.8 Å². The second kappa shape index (κ2) is 9.82. The summed E-state index contributed by atoms with van der Waals surface area (Å²) >= 11 is 4.99. The van der Waals surface area contributed by atoms with Crippen molar-refractivity contribution in [1.82, 2.24) is 10.9 Å². The maximum Gasteiger partial charge on any atom is 0.276 e. The molecule has 23 heavy (non-hydrogen) atoms. The highest BCUT2D eigenvalue weighted by atomic mass is 79.9. The zero-order valence-electron chi connectivity index (χ0n) is 12.8. The first-order valence-corrected chi connectivity index (χ1v) is 9.55. The molecule has 1 saturated carbocycles. The van der Waals surface area contributed by atoms with E-state index in [0.29, 0.717) is 16.8 Å². The van der Waals surface area contributed by atoms with Crippen LogP contribution >= 0.6 is 27.7 Å². The first-order chi connectivity index (χ1) is 11.1. The standard InChI is InChI=1S/C16H21BrN2O3S/c17-12-6-8-13(9-7-12)22-10-15(20)18-19-16(21)11-23-14-4-2-1-3-5-14/h6-9,14H,1-5,10-11H2,(H,18,20)(H,19,21). The molecule has 2 N–H and O–H groups in total. The molecule has 2 amide bonds. The van der Waals surface area contributed by atoms with Gasteiger partial charge in [-0.3, -0.25) is 20.4 Å². The molecule has 1 aromatic carbocycles. The van der Waals surface area contributed by atoms with E-state index in [1.807, 2.05) is 12.1 Å². The van der Waals surface area contributed by atoms with Gasteiger partial charge in [0.15, 0.2) is 6.61 Å². The molecule has 126 valence electrons. The lowest BCUT2D eigenvalue weighted by Gasteiger charge is -2.20. The number of hydrogen-bond donors (Lipinski definition) is 2. The lowest BCUT2D eigenvalue weighted by molar-refractivity contribution is -0.128. The normalized spacial score (nSPS) is 15.0. The van der Waals surface area contributed by atoms with Gasteiger partial charge >= 0.3 is 0 Å². The molecule has 0 spiro atoms. The van der Waals surface area contributed by atoms with E-state index in [0.717, 1.165) is 4.47 Å². The van der Waals surface area contributed by atoms with Crippen molar-refractivity contribution in [2.45, 2.75) is 37.4 Å². The number of hydrazine groups is 1. The molecular weight excluding hydrogens is 380 g/mol. The van der Waals surface area contributed by atoms with Gasteiger partial charge in [-0.2, -0.15) is 0 Å². The fourth-order valence-corrected chi connectivity index (χ4v) is 3.71. The van der Waals surface area contributed by atoms with Gasteiger partial charge in [-0.1, -0.05) is 35.2 Å². The molecule has 0 aromatic heterocycles. The minimum Gasteiger partial charge on any atom is -0.484 e. The van der Waals surface area contributed by atoms with Crippen molar-refractivity contribution in [3.8, 4) is 5.75 Å². The van der Waals surface area contributed by atoms with Gasteiger partial charge in [0, 0.05) is 9.72 Å². The summed E-state index contributed by atoms with van der Waals surface area (Å²) in [7, 11) is 0. The van der Waals surface area contributed by atoms with Gasteiger partial charge in [-0.05, 0) is 37.1 Å². The zero-order chi connectivity index (χ0) is 16.5. The first-order valence-electron chi connectivity index (χ1n) is 7.71. The topological polar surface area (TPSA) is 67.4 Å². The molecule has 0 atom stereocenters. The number of thioether (sulfide) groups is 1. The molecule has 0 bridgehead atoms. The Morgan fingerprint density at radius 3 is 2.43 bits per heavy atom. The highest BCUT2D eigenvalue weighted by Gasteiger charge is 2.15. The van der Waals surface area contributed by atoms with Crippen molar-refractivity contribution in [2.24, 2.45) is 0 Å². The molecule has 0 radical (unpaired) electrons. The van der Waals surface area contributed by atoms with Crippen LogP contribution < -0.4 is 15.6 Å². The van der Waals surface area contributed by atoms with Gasteiger partial charge in [0.25, 0.3) is 5.91 Å². The van der Waals surface area contributed by atoms with Crippen molar-refractivity contribution in [3.05, 3.63) is 28.7 Å². The molecule has 5 nitrogen and oxygen atoms in total. The van der Waals surface area contributed by atoms with Gasteiger partial charge in [-0.15, -0.1) is 11.8 Å². The lowest BCUT2D eigenvalue weighted by atomic mass is 10.0. The number of hydrogen-bond acceptors (Lipinski definition) is 4. The maximum absolute atomic E-state index is 11.7. The Morgan fingerprint density at radius 2 is 1.74 bits per heavy atom. The van der Waals surface area contributed by atoms with Crippen LogP contribution in [0.2, 0.25) is 0 Å². The minimum absolute atomic E-state index is 0.141. The molecule has 0 saturated heterocycles. The Hall–Kier alpha value is -1.21. The summed E-state index contributed by atoms with van der Waals surface area (Å²) in [6, 6.07) is 7.18. The summed E-state index contributed by atoms with van der Waals surface area (Å²) < 4.78 is 6.26. The molecule has 1 aliphatic rings. The molecule has 0 aliphatic heterocycles. The third-order valence-corrected chi connectivity index (χ3v) is 5.43. The van der Waals surface area contributed by atoms with Crippen molar-refractivity contribution in [1.29, 1.82) is 0 Å². The summed E-state index contributed by atoms with van der Waals surface area (Å²) in [6.07, 6.45) is 6.18. The average molecular weight is 401 g/mol. The Morgan fingerprint density at radius 1 is 1.09 bits per heavy atom. The van der Waals surface area contributed by atoms with Gasteiger partial charge in [-0.25, -0.2) is 0 Å². The summed E-state index contributed by atoms with van der Waals surface area (Å²) in [5, 5.41) is 0.575. The molecule has 7 heteroatoms. The number of carbonyl (C=O) groups is 2. The van der Waals surface area contributed by atoms with Crippen molar-refractivity contribution < 1.29 is 14.3 Å². The maximum atomic E-state index is 11.7. The molecule has 0 unspecified atom stereocenters. The van der Waals surface area contributed by atoms with Gasteiger partial charge < -0.3 is 4.74 Å². The highest BCUT2D eigenvalue weighted by molar-refractivity contribution is 9.10. The molecule has 0 heterocycles. The van der Waals surface area contributed by atoms with Crippen LogP contribution in [0.3, 0.4) is 0 Å². The van der Waals surface area contributed by atoms with Crippen molar-refractivity contribution in [2.75, 3.05) is 12.4 Å². The molecular formula is C16H21BrN2O3S. The third-order valence-electron chi connectivity index (χ3n) is 3.53. The third kappa shape index (κ3) is 7.26. The molecule has 1 aliphatic carbocycles. The molecule has 1 fully saturated rings. The van der Waals surface area contributed by atoms with Crippen LogP contribution in [0.1, 0.15) is 32.1 Å². The highest BCUT2D eigenvalue weighted by Crippen LogP contribution is 2.27. The van der Waals surface area contributed by atoms with Gasteiger partial charge in [0.2, 0.25) is 5.91 Å². The van der Waals surface area contributed by atoms with E-state index >= 15 is 0 Å². The fraction of sp³-hybridized carbons (Fsp3) is 0.500. The smallest absolute Gasteiger partial charge is 0.276 e. The Kier molecular flexibility index (Phi) is 7.74. The number of nitrogens with one attached hydrogen (secondary N) is 2. The second-order valence-corrected chi connectivity index (χ2v) is 7.61. The minimum atomic E-state index is -0.385. The van der Waals surface area contributed by atoms with Gasteiger partial charge in [0.05, 0.1) is 5.75 Å². The quantitative estimate of drug-likeness (QED) is 0.720. The largest absolute Gasteiger partial charge is 0.484 e. The van der Waals surface area contributed by atoms with E-state index in [1.54, 1.807) is 23.9 Å². The SMILES string of the molecule is O=C(COc1ccc(Br)cc1)NNC(=O)CSC1CCCCC1. The van der Waals surface area contributed by atoms with Crippen LogP contribution in [0.25, 0.3) is 0 Å². The zero-order valence-corrected chi connectivity index (χ0v) is 15.2. The van der Waals surface area contributed by atoms with Crippen LogP contribution in [0.15, 0.2) is 28.7 Å². The number of amides is 2. The summed E-state index contributed by atoms with van der Waals surface area (Å²) in [5.41, 5.74) is 4.79. The Bertz CT molecular complexity index is 519. The summed E-state index contributed by atoms with van der Waals surface area (Å²) in [4.78, 5) is 23.3. The summed E-state index contributed by atoms with van der Waals surface area (Å²) in [6.45, 7) is -0.141. The predicted octanol–water partition coefficient (Wildman–Crippen LogP) is 3.04. The predicted molar refractivity (Wildman–Crippen MR) is 95.3 cm³/mol. The van der Waals surface area contributed by atoms with Crippen molar-refractivity contribution >= 4 is 39.5 Å². The Labute approximate surface area is 149 Å². The van der Waals surface area contributed by atoms with Crippen molar-refractivity contribution in [3.63, 3.8) is 0 Å². The van der Waals surface area contributed by atoms with E-state index < -0.39 is 0 Å². The number of ether oxygens (including phenoxy) is 1.